The minimum Gasteiger partial charge on any atom is -0.491 e. The molecule has 2 heterocycles. The Bertz CT molecular complexity index is 1680. The molecule has 1 amide bonds. The van der Waals surface area contributed by atoms with Gasteiger partial charge in [-0.3, -0.25) is 9.00 Å². The van der Waals surface area contributed by atoms with Crippen molar-refractivity contribution in [3.05, 3.63) is 96.6 Å². The van der Waals surface area contributed by atoms with Crippen LogP contribution < -0.4 is 15.0 Å². The van der Waals surface area contributed by atoms with E-state index < -0.39 is 10.8 Å². The van der Waals surface area contributed by atoms with Crippen LogP contribution in [0, 0.1) is 0 Å². The molecule has 0 bridgehead atoms. The molecule has 5 rings (SSSR count). The van der Waals surface area contributed by atoms with Crippen molar-refractivity contribution >= 4 is 33.7 Å². The lowest BCUT2D eigenvalue weighted by Crippen LogP contribution is -2.19. The Hall–Kier alpha value is -4.21. The highest BCUT2D eigenvalue weighted by atomic mass is 32.2. The van der Waals surface area contributed by atoms with Crippen LogP contribution in [0.2, 0.25) is 0 Å². The summed E-state index contributed by atoms with van der Waals surface area (Å²) < 4.78 is 26.5. The molecule has 1 fully saturated rings. The van der Waals surface area contributed by atoms with Crippen molar-refractivity contribution < 1.29 is 18.5 Å². The molecular weight excluding hydrogens is 621 g/mol. The van der Waals surface area contributed by atoms with Crippen LogP contribution in [0.1, 0.15) is 64.1 Å². The number of carbonyl (C=O) groups excluding carboxylic acids is 1. The lowest BCUT2D eigenvalue weighted by molar-refractivity contribution is -0.111. The second-order valence-corrected chi connectivity index (χ2v) is 13.6. The van der Waals surface area contributed by atoms with Gasteiger partial charge in [0.05, 0.1) is 35.2 Å². The van der Waals surface area contributed by atoms with Gasteiger partial charge < -0.3 is 24.3 Å². The van der Waals surface area contributed by atoms with Gasteiger partial charge in [-0.25, -0.2) is 4.98 Å². The van der Waals surface area contributed by atoms with E-state index in [1.54, 1.807) is 30.7 Å². The number of hydrogen-bond donors (Lipinski definition) is 1. The predicted molar refractivity (Wildman–Crippen MR) is 196 cm³/mol. The summed E-state index contributed by atoms with van der Waals surface area (Å²) in [5.41, 5.74) is 6.85. The predicted octanol–water partition coefficient (Wildman–Crippen LogP) is 8.11. The van der Waals surface area contributed by atoms with E-state index in [9.17, 15) is 9.00 Å². The molecule has 1 N–H and O–H groups in total. The van der Waals surface area contributed by atoms with Gasteiger partial charge in [0.15, 0.2) is 0 Å². The van der Waals surface area contributed by atoms with Gasteiger partial charge in [0.25, 0.3) is 0 Å². The maximum absolute atomic E-state index is 13.2. The Balaban J connectivity index is 1.25. The highest BCUT2D eigenvalue weighted by molar-refractivity contribution is 7.84. The molecule has 0 aliphatic carbocycles. The first-order valence-corrected chi connectivity index (χ1v) is 18.4. The quantitative estimate of drug-likeness (QED) is 0.0904. The lowest BCUT2D eigenvalue weighted by Gasteiger charge is -2.23. The smallest absolute Gasteiger partial charge is 0.248 e. The third-order valence-electron chi connectivity index (χ3n) is 8.47. The molecule has 0 saturated carbocycles. The Labute approximate surface area is 287 Å². The maximum Gasteiger partial charge on any atom is 0.248 e. The minimum atomic E-state index is -1.21. The Morgan fingerprint density at radius 1 is 0.938 bits per heavy atom. The Morgan fingerprint density at radius 2 is 1.69 bits per heavy atom. The van der Waals surface area contributed by atoms with Gasteiger partial charge in [0, 0.05) is 60.3 Å². The third-order valence-corrected chi connectivity index (χ3v) is 9.82. The fourth-order valence-corrected chi connectivity index (χ4v) is 6.96. The van der Waals surface area contributed by atoms with E-state index in [0.29, 0.717) is 29.5 Å². The number of aromatic nitrogens is 2. The minimum absolute atomic E-state index is 0.206. The standard InChI is InChI=1S/C39H48N4O4S/c1-4-6-22-46-23-24-47-35-14-9-31(10-15-35)32-11-18-38(42-20-7-8-21-42)37(26-32)30(3)25-39(44)41-33-12-16-36(17-13-33)48(45)28-34-27-40-29-43(34)19-5-2/h9-18,25-27,29H,4-8,19-24,28H2,1-3H3,(H,41,44)/b30-25+/t48-/m0/s1. The van der Waals surface area contributed by atoms with E-state index >= 15 is 0 Å². The number of imidazole rings is 1. The summed E-state index contributed by atoms with van der Waals surface area (Å²) in [4.78, 5) is 20.5. The van der Waals surface area contributed by atoms with Crippen LogP contribution in [0.4, 0.5) is 11.4 Å². The van der Waals surface area contributed by atoms with E-state index in [1.165, 1.54) is 12.8 Å². The zero-order valence-electron chi connectivity index (χ0n) is 28.5. The first kappa shape index (κ1) is 35.1. The van der Waals surface area contributed by atoms with E-state index in [-0.39, 0.29) is 5.91 Å². The van der Waals surface area contributed by atoms with Crippen molar-refractivity contribution in [2.75, 3.05) is 43.1 Å². The molecule has 1 saturated heterocycles. The third kappa shape index (κ3) is 9.67. The van der Waals surface area contributed by atoms with Crippen LogP contribution >= 0.6 is 0 Å². The average molecular weight is 669 g/mol. The molecule has 0 spiro atoms. The maximum atomic E-state index is 13.2. The molecule has 1 aromatic heterocycles. The number of nitrogens with zero attached hydrogens (tertiary/aromatic N) is 3. The van der Waals surface area contributed by atoms with Crippen LogP contribution in [0.15, 0.2) is 90.2 Å². The molecule has 1 atom stereocenters. The molecule has 0 unspecified atom stereocenters. The van der Waals surface area contributed by atoms with E-state index in [1.807, 2.05) is 35.8 Å². The topological polar surface area (TPSA) is 85.7 Å². The van der Waals surface area contributed by atoms with Crippen LogP contribution in [0.5, 0.6) is 5.75 Å². The summed E-state index contributed by atoms with van der Waals surface area (Å²) in [6.07, 6.45) is 10.7. The molecule has 1 aliphatic heterocycles. The second kappa shape index (κ2) is 17.8. The number of carbonyl (C=O) groups is 1. The van der Waals surface area contributed by atoms with Gasteiger partial charge in [0.2, 0.25) is 5.91 Å². The van der Waals surface area contributed by atoms with Crippen molar-refractivity contribution in [2.45, 2.75) is 70.1 Å². The number of nitrogens with one attached hydrogen (secondary N) is 1. The van der Waals surface area contributed by atoms with E-state index in [2.05, 4.69) is 59.4 Å². The molecule has 8 nitrogen and oxygen atoms in total. The molecule has 0 radical (unpaired) electrons. The monoisotopic (exact) mass is 668 g/mol. The fourth-order valence-electron chi connectivity index (χ4n) is 5.85. The van der Waals surface area contributed by atoms with Crippen LogP contribution in [0.3, 0.4) is 0 Å². The van der Waals surface area contributed by atoms with Gasteiger partial charge in [-0.05, 0) is 97.8 Å². The van der Waals surface area contributed by atoms with E-state index in [4.69, 9.17) is 9.47 Å². The highest BCUT2D eigenvalue weighted by Gasteiger charge is 2.18. The lowest BCUT2D eigenvalue weighted by atomic mass is 9.97. The van der Waals surface area contributed by atoms with Crippen molar-refractivity contribution in [1.29, 1.82) is 0 Å². The number of allylic oxidation sites excluding steroid dienone is 1. The number of aryl methyl sites for hydroxylation is 1. The number of amides is 1. The summed E-state index contributed by atoms with van der Waals surface area (Å²) in [5.74, 6) is 1.01. The first-order chi connectivity index (χ1) is 23.4. The fraction of sp³-hybridized carbons (Fsp3) is 0.385. The summed E-state index contributed by atoms with van der Waals surface area (Å²) in [6.45, 7) is 11.0. The van der Waals surface area contributed by atoms with Crippen molar-refractivity contribution in [3.63, 3.8) is 0 Å². The normalized spacial score (nSPS) is 13.9. The van der Waals surface area contributed by atoms with Crippen LogP contribution in [0.25, 0.3) is 16.7 Å². The number of unbranched alkanes of at least 4 members (excludes halogenated alkanes) is 1. The summed E-state index contributed by atoms with van der Waals surface area (Å²) in [5, 5.41) is 2.99. The highest BCUT2D eigenvalue weighted by Crippen LogP contribution is 2.34. The average Bonchev–Trinajstić information content (AvgIpc) is 3.80. The zero-order chi connectivity index (χ0) is 33.7. The van der Waals surface area contributed by atoms with Gasteiger partial charge in [-0.15, -0.1) is 0 Å². The first-order valence-electron chi connectivity index (χ1n) is 17.1. The summed E-state index contributed by atoms with van der Waals surface area (Å²) in [7, 11) is -1.21. The Morgan fingerprint density at radius 3 is 2.42 bits per heavy atom. The van der Waals surface area contributed by atoms with Crippen molar-refractivity contribution in [2.24, 2.45) is 0 Å². The number of benzene rings is 3. The molecular formula is C39H48N4O4S. The van der Waals surface area contributed by atoms with Gasteiger partial charge in [-0.1, -0.05) is 38.5 Å². The van der Waals surface area contributed by atoms with Crippen LogP contribution in [-0.2, 0) is 32.6 Å². The number of ether oxygens (including phenoxy) is 2. The second-order valence-electron chi connectivity index (χ2n) is 12.2. The van der Waals surface area contributed by atoms with Gasteiger partial charge >= 0.3 is 0 Å². The number of anilines is 2. The Kier molecular flexibility index (Phi) is 13.0. The van der Waals surface area contributed by atoms with Gasteiger partial charge in [0.1, 0.15) is 12.4 Å². The van der Waals surface area contributed by atoms with E-state index in [0.717, 1.165) is 84.9 Å². The largest absolute Gasteiger partial charge is 0.491 e. The molecule has 254 valence electrons. The molecule has 9 heteroatoms. The summed E-state index contributed by atoms with van der Waals surface area (Å²) in [6, 6.07) is 21.9. The van der Waals surface area contributed by atoms with Crippen LogP contribution in [-0.4, -0.2) is 52.6 Å². The zero-order valence-corrected chi connectivity index (χ0v) is 29.3. The summed E-state index contributed by atoms with van der Waals surface area (Å²) >= 11 is 0. The molecule has 48 heavy (non-hydrogen) atoms. The van der Waals surface area contributed by atoms with Crippen molar-refractivity contribution in [3.8, 4) is 16.9 Å². The molecule has 3 aromatic carbocycles. The van der Waals surface area contributed by atoms with Crippen molar-refractivity contribution in [1.82, 2.24) is 9.55 Å². The number of rotatable bonds is 17. The molecule has 1 aliphatic rings. The SMILES string of the molecule is CCCCOCCOc1ccc(-c2ccc(N3CCCC3)c(/C(C)=C/C(=O)Nc3ccc([S@@](=O)Cc4cncn4CCC)cc3)c2)cc1. The number of hydrogen-bond acceptors (Lipinski definition) is 6. The van der Waals surface area contributed by atoms with Gasteiger partial charge in [-0.2, -0.15) is 0 Å². The molecule has 4 aromatic rings.